The first-order valence-electron chi connectivity index (χ1n) is 19.4. The van der Waals surface area contributed by atoms with Crippen LogP contribution < -0.4 is 5.32 Å². The second-order valence-electron chi connectivity index (χ2n) is 14.6. The van der Waals surface area contributed by atoms with E-state index < -0.39 is 0 Å². The van der Waals surface area contributed by atoms with E-state index in [9.17, 15) is 0 Å². The van der Waals surface area contributed by atoms with Gasteiger partial charge >= 0.3 is 0 Å². The minimum Gasteiger partial charge on any atom is -0.454 e. The van der Waals surface area contributed by atoms with Gasteiger partial charge in [0.25, 0.3) is 0 Å². The van der Waals surface area contributed by atoms with Crippen molar-refractivity contribution in [1.82, 2.24) is 9.88 Å². The van der Waals surface area contributed by atoms with Crippen LogP contribution in [0.2, 0.25) is 0 Å². The first-order valence-corrected chi connectivity index (χ1v) is 19.4. The number of nitrogens with zero attached hydrogens (tertiary/aromatic N) is 2. The number of hydrogen-bond acceptors (Lipinski definition) is 3. The highest BCUT2D eigenvalue weighted by Gasteiger charge is 2.30. The molecule has 2 aromatic heterocycles. The van der Waals surface area contributed by atoms with Gasteiger partial charge in [-0.05, 0) is 64.9 Å². The molecule has 1 aliphatic carbocycles. The summed E-state index contributed by atoms with van der Waals surface area (Å²) in [6.45, 7) is 0. The Morgan fingerprint density at radius 3 is 2.11 bits per heavy atom. The largest absolute Gasteiger partial charge is 0.454 e. The molecule has 11 rings (SSSR count). The fraction of sp³-hybridized carbons (Fsp3) is 0.0577. The number of rotatable bonds is 6. The van der Waals surface area contributed by atoms with Gasteiger partial charge in [-0.3, -0.25) is 4.99 Å². The SMILES string of the molecule is C1=CC(C2=C(c3cccc4oc5c(-n6c7ccccc7c7ccc(-c8ccccc8)cc76)cccc5c34)C(c3ccccc3)=NC(c3ccccc3)N2)=CCC1. The molecule has 0 spiro atoms. The van der Waals surface area contributed by atoms with Crippen LogP contribution >= 0.6 is 0 Å². The molecule has 56 heavy (non-hydrogen) atoms. The molecule has 0 radical (unpaired) electrons. The summed E-state index contributed by atoms with van der Waals surface area (Å²) < 4.78 is 9.41. The summed E-state index contributed by atoms with van der Waals surface area (Å²) in [5.41, 5.74) is 14.9. The van der Waals surface area contributed by atoms with Crippen molar-refractivity contribution >= 4 is 55.0 Å². The normalized spacial score (nSPS) is 15.8. The predicted octanol–water partition coefficient (Wildman–Crippen LogP) is 13.1. The van der Waals surface area contributed by atoms with Gasteiger partial charge in [-0.2, -0.15) is 0 Å². The van der Waals surface area contributed by atoms with E-state index in [1.165, 1.54) is 27.5 Å². The van der Waals surface area contributed by atoms with Crippen LogP contribution in [-0.2, 0) is 0 Å². The quantitative estimate of drug-likeness (QED) is 0.186. The highest BCUT2D eigenvalue weighted by Crippen LogP contribution is 2.44. The molecule has 3 heterocycles. The number of allylic oxidation sites excluding steroid dienone is 4. The number of aromatic nitrogens is 1. The molecule has 0 amide bonds. The van der Waals surface area contributed by atoms with Gasteiger partial charge in [0.1, 0.15) is 11.7 Å². The van der Waals surface area contributed by atoms with Gasteiger partial charge in [0.05, 0.1) is 28.1 Å². The molecule has 266 valence electrons. The third-order valence-electron chi connectivity index (χ3n) is 11.3. The lowest BCUT2D eigenvalue weighted by molar-refractivity contribution is 0.628. The lowest BCUT2D eigenvalue weighted by Gasteiger charge is -2.30. The van der Waals surface area contributed by atoms with E-state index in [0.717, 1.165) is 85.2 Å². The fourth-order valence-electron chi connectivity index (χ4n) is 8.71. The van der Waals surface area contributed by atoms with E-state index in [2.05, 4.69) is 198 Å². The van der Waals surface area contributed by atoms with Crippen molar-refractivity contribution < 1.29 is 4.42 Å². The minimum absolute atomic E-state index is 0.246. The molecule has 2 aliphatic rings. The lowest BCUT2D eigenvalue weighted by Crippen LogP contribution is -2.29. The molecular formula is C52H37N3O. The summed E-state index contributed by atoms with van der Waals surface area (Å²) in [6, 6.07) is 60.3. The molecular weight excluding hydrogens is 683 g/mol. The third-order valence-corrected chi connectivity index (χ3v) is 11.3. The zero-order chi connectivity index (χ0) is 37.0. The highest BCUT2D eigenvalue weighted by atomic mass is 16.3. The lowest BCUT2D eigenvalue weighted by atomic mass is 9.86. The van der Waals surface area contributed by atoms with E-state index in [4.69, 9.17) is 9.41 Å². The second-order valence-corrected chi connectivity index (χ2v) is 14.6. The molecule has 4 heteroatoms. The first kappa shape index (κ1) is 32.3. The fourth-order valence-corrected chi connectivity index (χ4v) is 8.71. The standard InChI is InChI=1S/C52H37N3O/c1-5-17-34(18-6-1)38-31-32-40-39-25-13-14-28-43(39)55(45(40)33-38)44-29-15-27-42-47-41(26-16-30-46(47)56-51(42)44)48-49(35-19-7-2-8-20-35)53-52(37-23-11-4-12-24-37)54-50(48)36-21-9-3-10-22-36/h1-2,4-9,11-33,52,54H,3,10H2. The van der Waals surface area contributed by atoms with Gasteiger partial charge < -0.3 is 14.3 Å². The number of nitrogens with one attached hydrogen (secondary N) is 1. The Kier molecular flexibility index (Phi) is 7.66. The van der Waals surface area contributed by atoms with Crippen molar-refractivity contribution in [3.8, 4) is 16.8 Å². The van der Waals surface area contributed by atoms with Crippen LogP contribution in [0.1, 0.15) is 35.7 Å². The summed E-state index contributed by atoms with van der Waals surface area (Å²) in [5, 5.41) is 8.49. The number of aliphatic imine (C=N–C) groups is 1. The van der Waals surface area contributed by atoms with Crippen LogP contribution in [0.3, 0.4) is 0 Å². The molecule has 9 aromatic rings. The monoisotopic (exact) mass is 719 g/mol. The average Bonchev–Trinajstić information content (AvgIpc) is 3.83. The molecule has 7 aromatic carbocycles. The second kappa shape index (κ2) is 13.3. The van der Waals surface area contributed by atoms with E-state index in [-0.39, 0.29) is 6.17 Å². The Morgan fingerprint density at radius 2 is 1.30 bits per heavy atom. The summed E-state index contributed by atoms with van der Waals surface area (Å²) >= 11 is 0. The van der Waals surface area contributed by atoms with Crippen molar-refractivity contribution in [2.24, 2.45) is 4.99 Å². The van der Waals surface area contributed by atoms with Crippen molar-refractivity contribution in [2.75, 3.05) is 0 Å². The van der Waals surface area contributed by atoms with Crippen LogP contribution in [0, 0.1) is 0 Å². The van der Waals surface area contributed by atoms with E-state index in [1.807, 2.05) is 0 Å². The molecule has 0 saturated carbocycles. The predicted molar refractivity (Wildman–Crippen MR) is 232 cm³/mol. The van der Waals surface area contributed by atoms with Gasteiger partial charge in [-0.1, -0.05) is 164 Å². The van der Waals surface area contributed by atoms with Crippen molar-refractivity contribution in [3.05, 3.63) is 216 Å². The Hall–Kier alpha value is -7.17. The van der Waals surface area contributed by atoms with Gasteiger partial charge in [-0.15, -0.1) is 0 Å². The highest BCUT2D eigenvalue weighted by molar-refractivity contribution is 6.36. The van der Waals surface area contributed by atoms with Crippen LogP contribution in [0.5, 0.6) is 0 Å². The number of benzene rings is 7. The van der Waals surface area contributed by atoms with Crippen molar-refractivity contribution in [1.29, 1.82) is 0 Å². The Morgan fingerprint density at radius 1 is 0.589 bits per heavy atom. The number of para-hydroxylation sites is 2. The smallest absolute Gasteiger partial charge is 0.159 e. The van der Waals surface area contributed by atoms with Gasteiger partial charge in [0.2, 0.25) is 0 Å². The summed E-state index contributed by atoms with van der Waals surface area (Å²) in [6.07, 6.45) is 8.68. The number of hydrogen-bond donors (Lipinski definition) is 1. The Bertz CT molecular complexity index is 3090. The van der Waals surface area contributed by atoms with Crippen molar-refractivity contribution in [3.63, 3.8) is 0 Å². The maximum absolute atomic E-state index is 7.03. The molecule has 4 nitrogen and oxygen atoms in total. The zero-order valence-electron chi connectivity index (χ0n) is 30.7. The van der Waals surface area contributed by atoms with E-state index in [0.29, 0.717) is 0 Å². The van der Waals surface area contributed by atoms with Crippen molar-refractivity contribution in [2.45, 2.75) is 19.0 Å². The number of furan rings is 1. The first-order chi connectivity index (χ1) is 27.8. The maximum Gasteiger partial charge on any atom is 0.159 e. The van der Waals surface area contributed by atoms with Crippen LogP contribution in [0.25, 0.3) is 66.1 Å². The molecule has 1 aliphatic heterocycles. The molecule has 1 N–H and O–H groups in total. The minimum atomic E-state index is -0.246. The van der Waals surface area contributed by atoms with Crippen LogP contribution in [0.15, 0.2) is 209 Å². The maximum atomic E-state index is 7.03. The topological polar surface area (TPSA) is 42.5 Å². The van der Waals surface area contributed by atoms with E-state index >= 15 is 0 Å². The zero-order valence-corrected chi connectivity index (χ0v) is 30.7. The molecule has 1 atom stereocenters. The Balaban J connectivity index is 1.18. The molecule has 0 saturated heterocycles. The van der Waals surface area contributed by atoms with Gasteiger partial charge in [-0.25, -0.2) is 0 Å². The summed E-state index contributed by atoms with van der Waals surface area (Å²) in [4.78, 5) is 5.52. The van der Waals surface area contributed by atoms with Crippen LogP contribution in [-0.4, -0.2) is 10.3 Å². The van der Waals surface area contributed by atoms with Gasteiger partial charge in [0.15, 0.2) is 5.58 Å². The third kappa shape index (κ3) is 5.25. The van der Waals surface area contributed by atoms with E-state index in [1.54, 1.807) is 0 Å². The summed E-state index contributed by atoms with van der Waals surface area (Å²) in [5.74, 6) is 0. The molecule has 1 unspecified atom stereocenters. The Labute approximate surface area is 325 Å². The summed E-state index contributed by atoms with van der Waals surface area (Å²) in [7, 11) is 0. The molecule has 0 bridgehead atoms. The van der Waals surface area contributed by atoms with Crippen LogP contribution in [0.4, 0.5) is 0 Å². The number of fused-ring (bicyclic) bond motifs is 6. The molecule has 0 fully saturated rings. The average molecular weight is 720 g/mol. The van der Waals surface area contributed by atoms with Gasteiger partial charge in [0, 0.05) is 32.7 Å².